The van der Waals surface area contributed by atoms with Gasteiger partial charge < -0.3 is 10.2 Å². The maximum Gasteiger partial charge on any atom is 0.254 e. The van der Waals surface area contributed by atoms with E-state index < -0.39 is 0 Å². The zero-order chi connectivity index (χ0) is 14.8. The topological polar surface area (TPSA) is 32.3 Å². The van der Waals surface area contributed by atoms with Gasteiger partial charge in [0.15, 0.2) is 0 Å². The van der Waals surface area contributed by atoms with Crippen molar-refractivity contribution in [1.29, 1.82) is 0 Å². The first-order chi connectivity index (χ1) is 10.2. The maximum absolute atomic E-state index is 13.0. The van der Waals surface area contributed by atoms with E-state index in [2.05, 4.69) is 10.2 Å². The summed E-state index contributed by atoms with van der Waals surface area (Å²) in [5.74, 6) is 0.147. The van der Waals surface area contributed by atoms with Crippen LogP contribution in [0.25, 0.3) is 0 Å². The molecule has 0 radical (unpaired) electrons. The maximum atomic E-state index is 13.0. The molecular formula is C17H23ClN2O. The molecule has 0 bridgehead atoms. The molecule has 114 valence electrons. The lowest BCUT2D eigenvalue weighted by Crippen LogP contribution is -2.52. The molecule has 0 aromatic heterocycles. The fourth-order valence-electron chi connectivity index (χ4n) is 3.66. The third kappa shape index (κ3) is 2.95. The average molecular weight is 307 g/mol. The van der Waals surface area contributed by atoms with Crippen LogP contribution in [0, 0.1) is 6.92 Å². The molecule has 1 amide bonds. The van der Waals surface area contributed by atoms with Gasteiger partial charge >= 0.3 is 0 Å². The van der Waals surface area contributed by atoms with E-state index in [-0.39, 0.29) is 5.91 Å². The van der Waals surface area contributed by atoms with Crippen LogP contribution in [0.2, 0.25) is 5.02 Å². The summed E-state index contributed by atoms with van der Waals surface area (Å²) >= 11 is 6.18. The second-order valence-corrected chi connectivity index (χ2v) is 6.58. The number of hydrogen-bond donors (Lipinski definition) is 1. The predicted octanol–water partition coefficient (Wildman–Crippen LogP) is 3.40. The molecule has 0 saturated carbocycles. The summed E-state index contributed by atoms with van der Waals surface area (Å²) in [4.78, 5) is 15.1. The first-order valence-corrected chi connectivity index (χ1v) is 8.36. The number of nitrogens with zero attached hydrogens (tertiary/aromatic N) is 1. The summed E-state index contributed by atoms with van der Waals surface area (Å²) in [6.07, 6.45) is 5.85. The van der Waals surface area contributed by atoms with Crippen LogP contribution in [-0.2, 0) is 0 Å². The Labute approximate surface area is 131 Å². The number of benzene rings is 1. The van der Waals surface area contributed by atoms with E-state index in [0.717, 1.165) is 37.1 Å². The fourth-order valence-corrected chi connectivity index (χ4v) is 3.84. The molecule has 0 aliphatic carbocycles. The van der Waals surface area contributed by atoms with Gasteiger partial charge in [-0.3, -0.25) is 4.79 Å². The number of carbonyl (C=O) groups excluding carboxylic acids is 1. The van der Waals surface area contributed by atoms with Gasteiger partial charge in [-0.25, -0.2) is 0 Å². The first-order valence-electron chi connectivity index (χ1n) is 7.98. The first kappa shape index (κ1) is 14.9. The van der Waals surface area contributed by atoms with Gasteiger partial charge in [0, 0.05) is 29.2 Å². The zero-order valence-electron chi connectivity index (χ0n) is 12.6. The highest BCUT2D eigenvalue weighted by molar-refractivity contribution is 6.31. The molecule has 2 aliphatic heterocycles. The van der Waals surface area contributed by atoms with Crippen LogP contribution in [0.15, 0.2) is 18.2 Å². The second kappa shape index (κ2) is 6.37. The van der Waals surface area contributed by atoms with Crippen molar-refractivity contribution in [1.82, 2.24) is 10.2 Å². The molecule has 1 aromatic carbocycles. The Bertz CT molecular complexity index is 526. The minimum absolute atomic E-state index is 0.147. The highest BCUT2D eigenvalue weighted by Crippen LogP contribution is 2.27. The number of piperidine rings is 1. The number of hydrogen-bond acceptors (Lipinski definition) is 2. The fraction of sp³-hybridized carbons (Fsp3) is 0.588. The van der Waals surface area contributed by atoms with Gasteiger partial charge in [0.1, 0.15) is 0 Å². The van der Waals surface area contributed by atoms with Crippen molar-refractivity contribution in [3.63, 3.8) is 0 Å². The minimum atomic E-state index is 0.147. The second-order valence-electron chi connectivity index (χ2n) is 6.18. The molecule has 1 aromatic rings. The highest BCUT2D eigenvalue weighted by atomic mass is 35.5. The monoisotopic (exact) mass is 306 g/mol. The summed E-state index contributed by atoms with van der Waals surface area (Å²) in [7, 11) is 0. The van der Waals surface area contributed by atoms with Crippen molar-refractivity contribution in [2.45, 2.75) is 51.1 Å². The van der Waals surface area contributed by atoms with Crippen LogP contribution in [0.1, 0.15) is 48.0 Å². The molecule has 2 heterocycles. The van der Waals surface area contributed by atoms with Gasteiger partial charge in [-0.1, -0.05) is 17.7 Å². The van der Waals surface area contributed by atoms with Crippen LogP contribution in [0.4, 0.5) is 0 Å². The van der Waals surface area contributed by atoms with Gasteiger partial charge in [0.2, 0.25) is 0 Å². The standard InChI is InChI=1S/C17H23ClN2O/c1-12-13(6-4-7-14(12)18)17(21)20-11-3-2-9-16(20)15-8-5-10-19-15/h4,6-7,15-16,19H,2-3,5,8-11H2,1H3. The van der Waals surface area contributed by atoms with Crippen LogP contribution in [0.5, 0.6) is 0 Å². The Hall–Kier alpha value is -1.06. The summed E-state index contributed by atoms with van der Waals surface area (Å²) < 4.78 is 0. The number of amides is 1. The quantitative estimate of drug-likeness (QED) is 0.908. The third-order valence-electron chi connectivity index (χ3n) is 4.87. The van der Waals surface area contributed by atoms with Gasteiger partial charge in [-0.15, -0.1) is 0 Å². The lowest BCUT2D eigenvalue weighted by molar-refractivity contribution is 0.0563. The van der Waals surface area contributed by atoms with Crippen molar-refractivity contribution in [3.8, 4) is 0 Å². The summed E-state index contributed by atoms with van der Waals surface area (Å²) in [5, 5.41) is 4.24. The van der Waals surface area contributed by atoms with Gasteiger partial charge in [-0.05, 0) is 63.3 Å². The number of nitrogens with one attached hydrogen (secondary N) is 1. The SMILES string of the molecule is Cc1c(Cl)cccc1C(=O)N1CCCCC1C1CCCN1. The van der Waals surface area contributed by atoms with Crippen LogP contribution >= 0.6 is 11.6 Å². The molecule has 2 atom stereocenters. The molecule has 1 N–H and O–H groups in total. The van der Waals surface area contributed by atoms with Crippen molar-refractivity contribution in [2.24, 2.45) is 0 Å². The van der Waals surface area contributed by atoms with E-state index >= 15 is 0 Å². The molecule has 2 aliphatic rings. The number of halogens is 1. The zero-order valence-corrected chi connectivity index (χ0v) is 13.3. The van der Waals surface area contributed by atoms with E-state index in [0.29, 0.717) is 17.1 Å². The third-order valence-corrected chi connectivity index (χ3v) is 5.28. The van der Waals surface area contributed by atoms with Gasteiger partial charge in [-0.2, -0.15) is 0 Å². The average Bonchev–Trinajstić information content (AvgIpc) is 3.03. The van der Waals surface area contributed by atoms with E-state index in [1.165, 1.54) is 19.3 Å². The molecule has 0 spiro atoms. The van der Waals surface area contributed by atoms with E-state index in [9.17, 15) is 4.79 Å². The van der Waals surface area contributed by atoms with E-state index in [1.54, 1.807) is 0 Å². The Morgan fingerprint density at radius 2 is 2.14 bits per heavy atom. The normalized spacial score (nSPS) is 26.1. The molecule has 3 nitrogen and oxygen atoms in total. The lowest BCUT2D eigenvalue weighted by Gasteiger charge is -2.39. The van der Waals surface area contributed by atoms with E-state index in [1.807, 2.05) is 25.1 Å². The number of carbonyl (C=O) groups is 1. The van der Waals surface area contributed by atoms with Crippen LogP contribution in [0.3, 0.4) is 0 Å². The number of likely N-dealkylation sites (tertiary alicyclic amines) is 1. The van der Waals surface area contributed by atoms with Gasteiger partial charge in [0.05, 0.1) is 0 Å². The molecule has 21 heavy (non-hydrogen) atoms. The summed E-state index contributed by atoms with van der Waals surface area (Å²) in [5.41, 5.74) is 1.65. The lowest BCUT2D eigenvalue weighted by atomic mass is 9.93. The van der Waals surface area contributed by atoms with Gasteiger partial charge in [0.25, 0.3) is 5.91 Å². The molecule has 2 saturated heterocycles. The van der Waals surface area contributed by atoms with Crippen molar-refractivity contribution >= 4 is 17.5 Å². The Morgan fingerprint density at radius 3 is 2.90 bits per heavy atom. The largest absolute Gasteiger partial charge is 0.334 e. The Balaban J connectivity index is 1.85. The Morgan fingerprint density at radius 1 is 1.29 bits per heavy atom. The summed E-state index contributed by atoms with van der Waals surface area (Å²) in [6, 6.07) is 6.42. The predicted molar refractivity (Wildman–Crippen MR) is 85.9 cm³/mol. The molecular weight excluding hydrogens is 284 g/mol. The minimum Gasteiger partial charge on any atom is -0.334 e. The smallest absolute Gasteiger partial charge is 0.254 e. The number of rotatable bonds is 2. The molecule has 3 rings (SSSR count). The van der Waals surface area contributed by atoms with E-state index in [4.69, 9.17) is 11.6 Å². The highest BCUT2D eigenvalue weighted by Gasteiger charge is 2.34. The van der Waals surface area contributed by atoms with Crippen molar-refractivity contribution in [3.05, 3.63) is 34.3 Å². The van der Waals surface area contributed by atoms with Crippen LogP contribution in [-0.4, -0.2) is 36.0 Å². The Kier molecular flexibility index (Phi) is 4.51. The molecule has 4 heteroatoms. The van der Waals surface area contributed by atoms with Crippen LogP contribution < -0.4 is 5.32 Å². The van der Waals surface area contributed by atoms with Crippen molar-refractivity contribution < 1.29 is 4.79 Å². The molecule has 2 unspecified atom stereocenters. The van der Waals surface area contributed by atoms with Crippen molar-refractivity contribution in [2.75, 3.05) is 13.1 Å². The molecule has 2 fully saturated rings. The summed E-state index contributed by atoms with van der Waals surface area (Å²) in [6.45, 7) is 3.88.